The van der Waals surface area contributed by atoms with Crippen molar-refractivity contribution in [3.63, 3.8) is 0 Å². The molecule has 2 heterocycles. The minimum Gasteiger partial charge on any atom is -0.232 e. The van der Waals surface area contributed by atoms with Gasteiger partial charge >= 0.3 is 0 Å². The number of rotatable bonds is 0. The molecule has 0 saturated carbocycles. The third-order valence-electron chi connectivity index (χ3n) is 1.90. The highest BCUT2D eigenvalue weighted by molar-refractivity contribution is 9.10. The van der Waals surface area contributed by atoms with Gasteiger partial charge in [-0.15, -0.1) is 0 Å². The molecule has 0 radical (unpaired) electrons. The van der Waals surface area contributed by atoms with Gasteiger partial charge in [0, 0.05) is 6.07 Å². The first kappa shape index (κ1) is 8.97. The van der Waals surface area contributed by atoms with E-state index in [1.54, 1.807) is 4.52 Å². The molecule has 2 aromatic rings. The van der Waals surface area contributed by atoms with Gasteiger partial charge in [0.15, 0.2) is 5.65 Å². The molecule has 5 heteroatoms. The summed E-state index contributed by atoms with van der Waals surface area (Å²) in [5.74, 6) is 0. The van der Waals surface area contributed by atoms with Crippen LogP contribution in [0.25, 0.3) is 5.65 Å². The lowest BCUT2D eigenvalue weighted by Gasteiger charge is -2.03. The molecule has 0 amide bonds. The molecule has 0 aromatic carbocycles. The van der Waals surface area contributed by atoms with Crippen LogP contribution in [0.2, 0.25) is 5.02 Å². The third kappa shape index (κ3) is 1.34. The zero-order valence-electron chi connectivity index (χ0n) is 7.17. The fourth-order valence-electron chi connectivity index (χ4n) is 1.25. The highest BCUT2D eigenvalue weighted by Gasteiger charge is 2.08. The van der Waals surface area contributed by atoms with Crippen molar-refractivity contribution in [3.8, 4) is 0 Å². The Labute approximate surface area is 88.9 Å². The maximum atomic E-state index is 6.03. The molecule has 0 spiro atoms. The lowest BCUT2D eigenvalue weighted by atomic mass is 10.3. The quantitative estimate of drug-likeness (QED) is 0.729. The lowest BCUT2D eigenvalue weighted by Crippen LogP contribution is -1.99. The molecule has 68 valence electrons. The van der Waals surface area contributed by atoms with E-state index in [2.05, 4.69) is 26.0 Å². The Kier molecular flexibility index (Phi) is 2.04. The van der Waals surface area contributed by atoms with Gasteiger partial charge in [0.2, 0.25) is 0 Å². The summed E-state index contributed by atoms with van der Waals surface area (Å²) in [4.78, 5) is 4.30. The molecule has 0 atom stereocenters. The largest absolute Gasteiger partial charge is 0.232 e. The Morgan fingerprint density at radius 2 is 2.15 bits per heavy atom. The molecule has 2 aromatic heterocycles. The summed E-state index contributed by atoms with van der Waals surface area (Å²) in [5.41, 5.74) is 2.56. The van der Waals surface area contributed by atoms with E-state index in [1.165, 1.54) is 0 Å². The Morgan fingerprint density at radius 1 is 1.46 bits per heavy atom. The van der Waals surface area contributed by atoms with Gasteiger partial charge in [-0.2, -0.15) is 5.10 Å². The first-order valence-electron chi connectivity index (χ1n) is 3.77. The second-order valence-electron chi connectivity index (χ2n) is 2.83. The molecule has 0 bridgehead atoms. The van der Waals surface area contributed by atoms with Crippen molar-refractivity contribution in [1.82, 2.24) is 14.6 Å². The molecular weight excluding hydrogens is 253 g/mol. The van der Waals surface area contributed by atoms with E-state index in [9.17, 15) is 0 Å². The minimum atomic E-state index is 0.670. The molecule has 13 heavy (non-hydrogen) atoms. The van der Waals surface area contributed by atoms with Crippen LogP contribution >= 0.6 is 27.5 Å². The second kappa shape index (κ2) is 2.96. The van der Waals surface area contributed by atoms with Gasteiger partial charge in [-0.3, -0.25) is 0 Å². The van der Waals surface area contributed by atoms with Crippen molar-refractivity contribution in [2.75, 3.05) is 0 Å². The standard InChI is InChI=1S/C8H7BrClN3/c1-4-8(10)5(2)13-7(11-4)3-6(9)12-13/h3H,1-2H3. The Bertz CT molecular complexity index is 478. The number of hydrogen-bond acceptors (Lipinski definition) is 2. The topological polar surface area (TPSA) is 30.2 Å². The molecule has 0 N–H and O–H groups in total. The highest BCUT2D eigenvalue weighted by Crippen LogP contribution is 2.21. The summed E-state index contributed by atoms with van der Waals surface area (Å²) in [6, 6.07) is 1.86. The third-order valence-corrected chi connectivity index (χ3v) is 2.83. The van der Waals surface area contributed by atoms with Crippen LogP contribution in [0.15, 0.2) is 10.7 Å². The van der Waals surface area contributed by atoms with Crippen LogP contribution in [0.3, 0.4) is 0 Å². The summed E-state index contributed by atoms with van der Waals surface area (Å²) in [5, 5.41) is 4.87. The predicted octanol–water partition coefficient (Wildman–Crippen LogP) is 2.76. The first-order valence-corrected chi connectivity index (χ1v) is 4.94. The average molecular weight is 261 g/mol. The van der Waals surface area contributed by atoms with Crippen molar-refractivity contribution in [1.29, 1.82) is 0 Å². The zero-order chi connectivity index (χ0) is 9.59. The average Bonchev–Trinajstić information content (AvgIpc) is 2.42. The van der Waals surface area contributed by atoms with Gasteiger partial charge in [0.05, 0.1) is 16.4 Å². The molecule has 0 saturated heterocycles. The molecule has 0 aliphatic heterocycles. The Hall–Kier alpha value is -0.610. The van der Waals surface area contributed by atoms with Crippen LogP contribution in [-0.2, 0) is 0 Å². The molecule has 0 aliphatic carbocycles. The number of fused-ring (bicyclic) bond motifs is 1. The number of aromatic nitrogens is 3. The number of nitrogens with zero attached hydrogens (tertiary/aromatic N) is 3. The van der Waals surface area contributed by atoms with Gasteiger partial charge in [-0.25, -0.2) is 9.50 Å². The van der Waals surface area contributed by atoms with Gasteiger partial charge in [0.25, 0.3) is 0 Å². The molecule has 2 rings (SSSR count). The number of aryl methyl sites for hydroxylation is 2. The summed E-state index contributed by atoms with van der Waals surface area (Å²) in [7, 11) is 0. The van der Waals surface area contributed by atoms with Crippen molar-refractivity contribution in [2.24, 2.45) is 0 Å². The zero-order valence-corrected chi connectivity index (χ0v) is 9.52. The number of hydrogen-bond donors (Lipinski definition) is 0. The predicted molar refractivity (Wildman–Crippen MR) is 55.2 cm³/mol. The Balaban J connectivity index is 2.92. The highest BCUT2D eigenvalue weighted by atomic mass is 79.9. The second-order valence-corrected chi connectivity index (χ2v) is 4.02. The van der Waals surface area contributed by atoms with Crippen molar-refractivity contribution < 1.29 is 0 Å². The maximum Gasteiger partial charge on any atom is 0.156 e. The SMILES string of the molecule is Cc1nc2cc(Br)nn2c(C)c1Cl. The van der Waals surface area contributed by atoms with Crippen molar-refractivity contribution in [2.45, 2.75) is 13.8 Å². The van der Waals surface area contributed by atoms with E-state index in [-0.39, 0.29) is 0 Å². The van der Waals surface area contributed by atoms with Crippen LogP contribution in [0.5, 0.6) is 0 Å². The fourth-order valence-corrected chi connectivity index (χ4v) is 1.73. The minimum absolute atomic E-state index is 0.670. The van der Waals surface area contributed by atoms with Gasteiger partial charge in [-0.05, 0) is 29.8 Å². The van der Waals surface area contributed by atoms with Crippen LogP contribution in [-0.4, -0.2) is 14.6 Å². The van der Waals surface area contributed by atoms with Crippen LogP contribution in [0, 0.1) is 13.8 Å². The Morgan fingerprint density at radius 3 is 2.85 bits per heavy atom. The maximum absolute atomic E-state index is 6.03. The molecule has 0 unspecified atom stereocenters. The fraction of sp³-hybridized carbons (Fsp3) is 0.250. The summed E-state index contributed by atoms with van der Waals surface area (Å²) in [6.07, 6.45) is 0. The van der Waals surface area contributed by atoms with E-state index in [0.717, 1.165) is 21.6 Å². The monoisotopic (exact) mass is 259 g/mol. The van der Waals surface area contributed by atoms with E-state index in [0.29, 0.717) is 5.02 Å². The van der Waals surface area contributed by atoms with Crippen LogP contribution in [0.1, 0.15) is 11.4 Å². The number of halogens is 2. The van der Waals surface area contributed by atoms with Crippen molar-refractivity contribution in [3.05, 3.63) is 27.1 Å². The van der Waals surface area contributed by atoms with E-state index >= 15 is 0 Å². The van der Waals surface area contributed by atoms with E-state index in [1.807, 2.05) is 19.9 Å². The van der Waals surface area contributed by atoms with Crippen LogP contribution < -0.4 is 0 Å². The van der Waals surface area contributed by atoms with Crippen molar-refractivity contribution >= 4 is 33.2 Å². The van der Waals surface area contributed by atoms with Crippen LogP contribution in [0.4, 0.5) is 0 Å². The summed E-state index contributed by atoms with van der Waals surface area (Å²) >= 11 is 9.32. The van der Waals surface area contributed by atoms with E-state index < -0.39 is 0 Å². The lowest BCUT2D eigenvalue weighted by molar-refractivity contribution is 0.877. The van der Waals surface area contributed by atoms with E-state index in [4.69, 9.17) is 11.6 Å². The first-order chi connectivity index (χ1) is 6.09. The van der Waals surface area contributed by atoms with Gasteiger partial charge < -0.3 is 0 Å². The molecular formula is C8H7BrClN3. The summed E-state index contributed by atoms with van der Waals surface area (Å²) < 4.78 is 2.49. The smallest absolute Gasteiger partial charge is 0.156 e. The molecule has 0 aliphatic rings. The summed E-state index contributed by atoms with van der Waals surface area (Å²) in [6.45, 7) is 3.81. The van der Waals surface area contributed by atoms with Gasteiger partial charge in [0.1, 0.15) is 4.60 Å². The normalized spacial score (nSPS) is 11.1. The van der Waals surface area contributed by atoms with Gasteiger partial charge in [-0.1, -0.05) is 11.6 Å². The molecule has 0 fully saturated rings. The molecule has 3 nitrogen and oxygen atoms in total.